The van der Waals surface area contributed by atoms with Gasteiger partial charge in [0.05, 0.1) is 13.7 Å². The molecule has 1 unspecified atom stereocenters. The summed E-state index contributed by atoms with van der Waals surface area (Å²) >= 11 is 3.66. The van der Waals surface area contributed by atoms with Gasteiger partial charge in [-0.25, -0.2) is 9.79 Å². The molecule has 0 bridgehead atoms. The van der Waals surface area contributed by atoms with E-state index in [-0.39, 0.29) is 0 Å². The van der Waals surface area contributed by atoms with Crippen LogP contribution in [0.15, 0.2) is 64.1 Å². The number of nitrogens with zero attached hydrogens (tertiary/aromatic N) is 2. The van der Waals surface area contributed by atoms with Gasteiger partial charge in [-0.2, -0.15) is 13.2 Å². The molecule has 34 heavy (non-hydrogen) atoms. The molecule has 0 fully saturated rings. The van der Waals surface area contributed by atoms with Gasteiger partial charge in [-0.05, 0) is 46.2 Å². The minimum atomic E-state index is -5.08. The molecule has 3 aromatic rings. The Labute approximate surface area is 203 Å². The number of halogens is 4. The Hall–Kier alpha value is -3.27. The Balaban J connectivity index is 0.000000406. The summed E-state index contributed by atoms with van der Waals surface area (Å²) in [5.41, 5.74) is 9.98. The van der Waals surface area contributed by atoms with Crippen LogP contribution in [-0.4, -0.2) is 36.9 Å². The second-order valence-electron chi connectivity index (χ2n) is 7.67. The lowest BCUT2D eigenvalue weighted by Gasteiger charge is -2.19. The van der Waals surface area contributed by atoms with E-state index >= 15 is 0 Å². The van der Waals surface area contributed by atoms with E-state index < -0.39 is 12.1 Å². The number of methoxy groups -OCH3 is 1. The maximum absolute atomic E-state index is 10.6. The third-order valence-corrected chi connectivity index (χ3v) is 6.06. The summed E-state index contributed by atoms with van der Waals surface area (Å²) < 4.78 is 38.1. The number of guanidine groups is 1. The van der Waals surface area contributed by atoms with Gasteiger partial charge in [-0.1, -0.05) is 53.2 Å². The molecule has 1 aliphatic rings. The van der Waals surface area contributed by atoms with E-state index in [1.165, 1.54) is 16.3 Å². The minimum absolute atomic E-state index is 0.396. The average Bonchev–Trinajstić information content (AvgIpc) is 3.15. The summed E-state index contributed by atoms with van der Waals surface area (Å²) in [6, 6.07) is 18.6. The zero-order valence-corrected chi connectivity index (χ0v) is 20.0. The molecular formula is C24H23BrF3N3O3. The van der Waals surface area contributed by atoms with Crippen LogP contribution in [-0.2, 0) is 11.3 Å². The zero-order valence-electron chi connectivity index (χ0n) is 18.4. The van der Waals surface area contributed by atoms with Crippen LogP contribution in [0.3, 0.4) is 0 Å². The van der Waals surface area contributed by atoms with E-state index in [1.54, 1.807) is 7.11 Å². The van der Waals surface area contributed by atoms with Crippen LogP contribution in [0.1, 0.15) is 24.0 Å². The summed E-state index contributed by atoms with van der Waals surface area (Å²) in [7, 11) is 1.67. The van der Waals surface area contributed by atoms with Gasteiger partial charge < -0.3 is 20.5 Å². The van der Waals surface area contributed by atoms with Gasteiger partial charge in [0, 0.05) is 22.6 Å². The van der Waals surface area contributed by atoms with E-state index in [0.29, 0.717) is 18.4 Å². The predicted octanol–water partition coefficient (Wildman–Crippen LogP) is 5.68. The van der Waals surface area contributed by atoms with Gasteiger partial charge >= 0.3 is 12.1 Å². The van der Waals surface area contributed by atoms with Crippen LogP contribution in [0.25, 0.3) is 10.8 Å². The van der Waals surface area contributed by atoms with E-state index in [9.17, 15) is 13.2 Å². The molecular weight excluding hydrogens is 515 g/mol. The van der Waals surface area contributed by atoms with Gasteiger partial charge in [0.1, 0.15) is 5.75 Å². The number of benzene rings is 3. The smallest absolute Gasteiger partial charge is 0.490 e. The molecule has 0 radical (unpaired) electrons. The number of rotatable bonds is 3. The fourth-order valence-electron chi connectivity index (χ4n) is 3.75. The zero-order chi connectivity index (χ0) is 25.0. The number of hydrogen-bond donors (Lipinski definition) is 2. The number of aliphatic carboxylic acids is 1. The van der Waals surface area contributed by atoms with Crippen LogP contribution >= 0.6 is 15.9 Å². The molecule has 180 valence electrons. The molecule has 3 N–H and O–H groups in total. The highest BCUT2D eigenvalue weighted by molar-refractivity contribution is 9.10. The van der Waals surface area contributed by atoms with Crippen molar-refractivity contribution in [1.82, 2.24) is 0 Å². The molecule has 6 nitrogen and oxygen atoms in total. The Morgan fingerprint density at radius 1 is 1.18 bits per heavy atom. The fraction of sp³-hybridized carbons (Fsp3) is 0.250. The molecule has 10 heteroatoms. The van der Waals surface area contributed by atoms with E-state index in [0.717, 1.165) is 28.0 Å². The molecule has 0 aromatic heterocycles. The van der Waals surface area contributed by atoms with Gasteiger partial charge in [0.25, 0.3) is 0 Å². The summed E-state index contributed by atoms with van der Waals surface area (Å²) in [6.07, 6.45) is -5.08. The van der Waals surface area contributed by atoms with E-state index in [1.807, 2.05) is 24.3 Å². The molecule has 0 aliphatic carbocycles. The number of hydrogen-bond acceptors (Lipinski definition) is 3. The molecule has 0 amide bonds. The number of fused-ring (bicyclic) bond motifs is 3. The molecule has 0 saturated heterocycles. The lowest BCUT2D eigenvalue weighted by molar-refractivity contribution is -0.192. The molecule has 1 aliphatic heterocycles. The van der Waals surface area contributed by atoms with Crippen LogP contribution in [0.2, 0.25) is 0 Å². The number of carbonyl (C=O) groups is 1. The van der Waals surface area contributed by atoms with Crippen molar-refractivity contribution in [2.75, 3.05) is 18.6 Å². The van der Waals surface area contributed by atoms with Crippen LogP contribution in [0, 0.1) is 0 Å². The van der Waals surface area contributed by atoms with Crippen LogP contribution < -0.4 is 15.4 Å². The van der Waals surface area contributed by atoms with Crippen molar-refractivity contribution < 1.29 is 27.8 Å². The Kier molecular flexibility index (Phi) is 7.71. The largest absolute Gasteiger partial charge is 0.497 e. The Morgan fingerprint density at radius 2 is 1.82 bits per heavy atom. The standard InChI is InChI=1S/C22H22BrN3O.C2HF3O2/c1-14-13-26(22(24)25-12-15-6-8-16(27-2)9-7-15)20-11-10-17-18(21(14)20)4-3-5-19(17)23;3-2(4,5)1(6)7/h3-11,14H,12-13H2,1-2H3,(H2,24,25);(H,6,7). The van der Waals surface area contributed by atoms with Crippen molar-refractivity contribution in [1.29, 1.82) is 0 Å². The van der Waals surface area contributed by atoms with E-state index in [4.69, 9.17) is 20.4 Å². The number of carboxylic acids is 1. The van der Waals surface area contributed by atoms with Crippen LogP contribution in [0.4, 0.5) is 18.9 Å². The van der Waals surface area contributed by atoms with Crippen molar-refractivity contribution >= 4 is 44.3 Å². The predicted molar refractivity (Wildman–Crippen MR) is 129 cm³/mol. The van der Waals surface area contributed by atoms with E-state index in [2.05, 4.69) is 63.1 Å². The Morgan fingerprint density at radius 3 is 2.41 bits per heavy atom. The van der Waals surface area contributed by atoms with Crippen molar-refractivity contribution in [3.63, 3.8) is 0 Å². The highest BCUT2D eigenvalue weighted by Gasteiger charge is 2.38. The molecule has 1 heterocycles. The lowest BCUT2D eigenvalue weighted by atomic mass is 9.96. The molecule has 1 atom stereocenters. The van der Waals surface area contributed by atoms with Crippen molar-refractivity contribution in [3.05, 3.63) is 70.2 Å². The van der Waals surface area contributed by atoms with Crippen molar-refractivity contribution in [3.8, 4) is 5.75 Å². The Bertz CT molecular complexity index is 1210. The second kappa shape index (κ2) is 10.3. The normalized spacial score (nSPS) is 15.5. The monoisotopic (exact) mass is 537 g/mol. The number of anilines is 1. The molecule has 3 aromatic carbocycles. The quantitative estimate of drug-likeness (QED) is 0.331. The molecule has 0 saturated carbocycles. The summed E-state index contributed by atoms with van der Waals surface area (Å²) in [5, 5.41) is 9.64. The number of nitrogens with two attached hydrogens (primary N) is 1. The third-order valence-electron chi connectivity index (χ3n) is 5.37. The number of ether oxygens (including phenoxy) is 1. The second-order valence-corrected chi connectivity index (χ2v) is 8.52. The first kappa shape index (κ1) is 25.4. The fourth-order valence-corrected chi connectivity index (χ4v) is 4.25. The maximum atomic E-state index is 10.6. The van der Waals surface area contributed by atoms with Gasteiger partial charge in [-0.3, -0.25) is 0 Å². The number of aliphatic imine (C=N–C) groups is 1. The first-order valence-electron chi connectivity index (χ1n) is 10.2. The molecule has 0 spiro atoms. The number of carboxylic acid groups (broad SMARTS) is 1. The van der Waals surface area contributed by atoms with Gasteiger partial charge in [-0.15, -0.1) is 0 Å². The highest BCUT2D eigenvalue weighted by atomic mass is 79.9. The van der Waals surface area contributed by atoms with Gasteiger partial charge in [0.2, 0.25) is 0 Å². The summed E-state index contributed by atoms with van der Waals surface area (Å²) in [6.45, 7) is 3.64. The first-order chi connectivity index (χ1) is 16.0. The summed E-state index contributed by atoms with van der Waals surface area (Å²) in [4.78, 5) is 15.7. The minimum Gasteiger partial charge on any atom is -0.497 e. The lowest BCUT2D eigenvalue weighted by Crippen LogP contribution is -2.36. The molecule has 4 rings (SSSR count). The van der Waals surface area contributed by atoms with Crippen LogP contribution in [0.5, 0.6) is 5.75 Å². The van der Waals surface area contributed by atoms with Gasteiger partial charge in [0.15, 0.2) is 5.96 Å². The summed E-state index contributed by atoms with van der Waals surface area (Å²) in [5.74, 6) is -0.956. The highest BCUT2D eigenvalue weighted by Crippen LogP contribution is 2.42. The first-order valence-corrected chi connectivity index (χ1v) is 11.0. The third kappa shape index (κ3) is 5.61. The maximum Gasteiger partial charge on any atom is 0.490 e. The van der Waals surface area contributed by atoms with Crippen molar-refractivity contribution in [2.24, 2.45) is 10.7 Å². The topological polar surface area (TPSA) is 88.2 Å². The van der Waals surface area contributed by atoms with Crippen molar-refractivity contribution in [2.45, 2.75) is 25.6 Å². The SMILES string of the molecule is COc1ccc(CN=C(N)N2CC(C)c3c2ccc2c(Br)cccc32)cc1.O=C(O)C(F)(F)F. The average molecular weight is 538 g/mol. The number of alkyl halides is 3.